The first-order chi connectivity index (χ1) is 17.3. The molecule has 4 bridgehead atoms. The lowest BCUT2D eigenvalue weighted by Gasteiger charge is -2.14. The molecule has 0 saturated carbocycles. The first kappa shape index (κ1) is 27.2. The van der Waals surface area contributed by atoms with Crippen molar-refractivity contribution in [2.45, 2.75) is 13.8 Å². The summed E-state index contributed by atoms with van der Waals surface area (Å²) in [6.45, 7) is 9.57. The summed E-state index contributed by atoms with van der Waals surface area (Å²) in [5.74, 6) is 0.407. The standard InChI is InChI=1S/C28H38N6O2/c1-21-13-23-17-29-5-9-33(3)11-7-31-19-25-15-22(2)16-26(28(25)36)20-32-8-12-34(4)10-6-30-18-24(14-21)27(23)35/h13-20,35-36H,5-12H2,1-4H3. The molecular formula is C28H38N6O2. The molecule has 0 spiro atoms. The third kappa shape index (κ3) is 8.39. The van der Waals surface area contributed by atoms with Crippen molar-refractivity contribution in [3.05, 3.63) is 57.6 Å². The highest BCUT2D eigenvalue weighted by atomic mass is 16.3. The molecule has 192 valence electrons. The lowest BCUT2D eigenvalue weighted by atomic mass is 10.1. The Labute approximate surface area is 214 Å². The van der Waals surface area contributed by atoms with Gasteiger partial charge in [-0.15, -0.1) is 0 Å². The van der Waals surface area contributed by atoms with E-state index in [1.807, 2.05) is 52.2 Å². The normalized spacial score (nSPS) is 17.2. The molecule has 0 fully saturated rings. The van der Waals surface area contributed by atoms with Crippen LogP contribution in [0.3, 0.4) is 0 Å². The molecule has 0 radical (unpaired) electrons. The second-order valence-electron chi connectivity index (χ2n) is 9.33. The van der Waals surface area contributed by atoms with E-state index in [4.69, 9.17) is 0 Å². The van der Waals surface area contributed by atoms with Gasteiger partial charge in [0.15, 0.2) is 0 Å². The first-order valence-corrected chi connectivity index (χ1v) is 12.4. The molecule has 1 aliphatic heterocycles. The fraction of sp³-hybridized carbons (Fsp3) is 0.429. The minimum absolute atomic E-state index is 0.203. The summed E-state index contributed by atoms with van der Waals surface area (Å²) in [4.78, 5) is 22.4. The molecule has 2 N–H and O–H groups in total. The van der Waals surface area contributed by atoms with E-state index in [2.05, 4.69) is 29.8 Å². The second kappa shape index (κ2) is 13.7. The number of aliphatic imine (C=N–C) groups is 4. The number of nitrogens with zero attached hydrogens (tertiary/aromatic N) is 6. The predicted octanol–water partition coefficient (Wildman–Crippen LogP) is 2.97. The van der Waals surface area contributed by atoms with Gasteiger partial charge in [0, 0.05) is 73.3 Å². The summed E-state index contributed by atoms with van der Waals surface area (Å²) < 4.78 is 0. The lowest BCUT2D eigenvalue weighted by molar-refractivity contribution is 0.354. The van der Waals surface area contributed by atoms with Gasteiger partial charge in [0.25, 0.3) is 0 Å². The fourth-order valence-corrected chi connectivity index (χ4v) is 3.85. The van der Waals surface area contributed by atoms with Crippen molar-refractivity contribution >= 4 is 24.9 Å². The van der Waals surface area contributed by atoms with Crippen LogP contribution in [0.25, 0.3) is 0 Å². The van der Waals surface area contributed by atoms with Crippen LogP contribution in [0.1, 0.15) is 33.4 Å². The number of phenols is 2. The van der Waals surface area contributed by atoms with Crippen LogP contribution in [-0.2, 0) is 0 Å². The van der Waals surface area contributed by atoms with E-state index in [0.717, 1.165) is 37.3 Å². The molecule has 0 aliphatic carbocycles. The molecule has 0 saturated heterocycles. The number of likely N-dealkylation sites (N-methyl/N-ethyl adjacent to an activating group) is 2. The third-order valence-electron chi connectivity index (χ3n) is 5.99. The van der Waals surface area contributed by atoms with E-state index in [1.165, 1.54) is 0 Å². The first-order valence-electron chi connectivity index (χ1n) is 12.4. The maximum Gasteiger partial charge on any atom is 0.133 e. The monoisotopic (exact) mass is 490 g/mol. The largest absolute Gasteiger partial charge is 0.507 e. The molecule has 0 amide bonds. The van der Waals surface area contributed by atoms with Crippen molar-refractivity contribution in [3.8, 4) is 11.5 Å². The Morgan fingerprint density at radius 1 is 0.528 bits per heavy atom. The summed E-state index contributed by atoms with van der Waals surface area (Å²) >= 11 is 0. The second-order valence-corrected chi connectivity index (χ2v) is 9.33. The number of aryl methyl sites for hydroxylation is 2. The molecule has 0 aromatic heterocycles. The Morgan fingerprint density at radius 3 is 1.03 bits per heavy atom. The van der Waals surface area contributed by atoms with Gasteiger partial charge in [0.2, 0.25) is 0 Å². The summed E-state index contributed by atoms with van der Waals surface area (Å²) in [6.07, 6.45) is 6.93. The van der Waals surface area contributed by atoms with Crippen molar-refractivity contribution in [1.29, 1.82) is 0 Å². The number of benzene rings is 2. The Bertz CT molecular complexity index is 971. The molecule has 1 heterocycles. The number of phenolic OH excluding ortho intramolecular Hbond substituents is 2. The van der Waals surface area contributed by atoms with Gasteiger partial charge >= 0.3 is 0 Å². The van der Waals surface area contributed by atoms with Crippen LogP contribution in [0.15, 0.2) is 44.2 Å². The zero-order chi connectivity index (χ0) is 25.9. The maximum absolute atomic E-state index is 10.7. The molecule has 2 aromatic rings. The van der Waals surface area contributed by atoms with E-state index >= 15 is 0 Å². The summed E-state index contributed by atoms with van der Waals surface area (Å²) in [5, 5.41) is 21.4. The van der Waals surface area contributed by atoms with Crippen molar-refractivity contribution in [1.82, 2.24) is 9.80 Å². The highest BCUT2D eigenvalue weighted by Gasteiger charge is 2.07. The number of hydrogen-bond acceptors (Lipinski definition) is 8. The minimum atomic E-state index is 0.203. The zero-order valence-electron chi connectivity index (χ0n) is 21.9. The van der Waals surface area contributed by atoms with Crippen LogP contribution in [0, 0.1) is 13.8 Å². The smallest absolute Gasteiger partial charge is 0.133 e. The molecule has 2 aromatic carbocycles. The van der Waals surface area contributed by atoms with Crippen LogP contribution in [0.2, 0.25) is 0 Å². The van der Waals surface area contributed by atoms with E-state index in [-0.39, 0.29) is 11.5 Å². The zero-order valence-corrected chi connectivity index (χ0v) is 21.9. The highest BCUT2D eigenvalue weighted by molar-refractivity contribution is 5.93. The Morgan fingerprint density at radius 2 is 0.778 bits per heavy atom. The van der Waals surface area contributed by atoms with E-state index < -0.39 is 0 Å². The Balaban J connectivity index is 1.77. The minimum Gasteiger partial charge on any atom is -0.507 e. The molecule has 36 heavy (non-hydrogen) atoms. The van der Waals surface area contributed by atoms with Crippen LogP contribution in [0.4, 0.5) is 0 Å². The van der Waals surface area contributed by atoms with Crippen molar-refractivity contribution in [3.63, 3.8) is 0 Å². The van der Waals surface area contributed by atoms with Gasteiger partial charge in [-0.1, -0.05) is 0 Å². The average Bonchev–Trinajstić information content (AvgIpc) is 2.84. The lowest BCUT2D eigenvalue weighted by Crippen LogP contribution is -2.24. The van der Waals surface area contributed by atoms with Gasteiger partial charge in [0.05, 0.1) is 26.2 Å². The van der Waals surface area contributed by atoms with Gasteiger partial charge in [0.1, 0.15) is 11.5 Å². The van der Waals surface area contributed by atoms with Crippen molar-refractivity contribution < 1.29 is 10.2 Å². The quantitative estimate of drug-likeness (QED) is 0.593. The van der Waals surface area contributed by atoms with Gasteiger partial charge in [-0.05, 0) is 63.3 Å². The molecule has 8 heteroatoms. The van der Waals surface area contributed by atoms with Crippen molar-refractivity contribution in [2.75, 3.05) is 66.5 Å². The molecule has 1 aliphatic rings. The van der Waals surface area contributed by atoms with E-state index in [1.54, 1.807) is 24.9 Å². The van der Waals surface area contributed by atoms with Gasteiger partial charge in [-0.25, -0.2) is 0 Å². The van der Waals surface area contributed by atoms with Gasteiger partial charge in [-0.2, -0.15) is 0 Å². The topological polar surface area (TPSA) is 96.4 Å². The SMILES string of the molecule is Cc1cc2c(O)c(c1)C=NCCN(C)CCN=Cc1cc(C)cc(c1O)C=NCCN(C)CCN=C2. The molecule has 0 unspecified atom stereocenters. The highest BCUT2D eigenvalue weighted by Crippen LogP contribution is 2.23. The van der Waals surface area contributed by atoms with E-state index in [9.17, 15) is 10.2 Å². The van der Waals surface area contributed by atoms with Gasteiger partial charge in [-0.3, -0.25) is 20.0 Å². The Kier molecular flexibility index (Phi) is 10.3. The van der Waals surface area contributed by atoms with Crippen LogP contribution in [0.5, 0.6) is 11.5 Å². The number of fused-ring (bicyclic) bond motifs is 4. The third-order valence-corrected chi connectivity index (χ3v) is 5.99. The Hall–Kier alpha value is -3.36. The number of hydrogen-bond donors (Lipinski definition) is 2. The predicted molar refractivity (Wildman–Crippen MR) is 151 cm³/mol. The van der Waals surface area contributed by atoms with Gasteiger partial charge < -0.3 is 20.0 Å². The van der Waals surface area contributed by atoms with Crippen molar-refractivity contribution in [2.24, 2.45) is 20.0 Å². The molecule has 0 atom stereocenters. The average molecular weight is 491 g/mol. The number of rotatable bonds is 0. The van der Waals surface area contributed by atoms with Crippen LogP contribution >= 0.6 is 0 Å². The fourth-order valence-electron chi connectivity index (χ4n) is 3.85. The van der Waals surface area contributed by atoms with Crippen LogP contribution < -0.4 is 0 Å². The maximum atomic E-state index is 10.7. The van der Waals surface area contributed by atoms with E-state index in [0.29, 0.717) is 48.4 Å². The summed E-state index contributed by atoms with van der Waals surface area (Å²) in [5.41, 5.74) is 4.90. The molecule has 8 nitrogen and oxygen atoms in total. The van der Waals surface area contributed by atoms with Crippen LogP contribution in [-0.4, -0.2) is 111 Å². The summed E-state index contributed by atoms with van der Waals surface area (Å²) in [7, 11) is 4.06. The summed E-state index contributed by atoms with van der Waals surface area (Å²) in [6, 6.07) is 7.72. The number of aromatic hydroxyl groups is 2. The molecule has 3 rings (SSSR count). The molecular weight excluding hydrogens is 452 g/mol.